The second-order valence-corrected chi connectivity index (χ2v) is 4.80. The van der Waals surface area contributed by atoms with Gasteiger partial charge in [0, 0.05) is 0 Å². The first-order chi connectivity index (χ1) is 7.20. The molecule has 0 aliphatic carbocycles. The van der Waals surface area contributed by atoms with E-state index in [0.29, 0.717) is 13.2 Å². The molecular formula is C11H12BrNO2. The van der Waals surface area contributed by atoms with E-state index in [1.165, 1.54) is 0 Å². The van der Waals surface area contributed by atoms with Gasteiger partial charge in [0.2, 0.25) is 5.91 Å². The summed E-state index contributed by atoms with van der Waals surface area (Å²) in [6.45, 7) is 3.01. The van der Waals surface area contributed by atoms with Crippen LogP contribution in [0.25, 0.3) is 0 Å². The number of carbonyl (C=O) groups is 1. The number of amides is 1. The molecule has 1 amide bonds. The summed E-state index contributed by atoms with van der Waals surface area (Å²) in [6.07, 6.45) is 0. The molecule has 0 fully saturated rings. The quantitative estimate of drug-likeness (QED) is 0.732. The Balaban J connectivity index is 2.34. The van der Waals surface area contributed by atoms with Crippen molar-refractivity contribution >= 4 is 27.5 Å². The maximum atomic E-state index is 11.9. The topological polar surface area (TPSA) is 29.5 Å². The molecule has 1 unspecified atom stereocenters. The lowest BCUT2D eigenvalue weighted by molar-refractivity contribution is -0.118. The Kier molecular flexibility index (Phi) is 2.95. The van der Waals surface area contributed by atoms with Crippen molar-refractivity contribution in [3.05, 3.63) is 24.3 Å². The number of hydrogen-bond acceptors (Lipinski definition) is 2. The molecule has 0 N–H and O–H groups in total. The van der Waals surface area contributed by atoms with Crippen LogP contribution in [-0.2, 0) is 4.79 Å². The van der Waals surface area contributed by atoms with Crippen LogP contribution in [0.4, 0.5) is 5.69 Å². The van der Waals surface area contributed by atoms with Crippen LogP contribution in [0.5, 0.6) is 5.75 Å². The number of ether oxygens (including phenoxy) is 1. The van der Waals surface area contributed by atoms with Crippen molar-refractivity contribution < 1.29 is 9.53 Å². The van der Waals surface area contributed by atoms with Crippen molar-refractivity contribution in [2.75, 3.05) is 18.1 Å². The fraction of sp³-hybridized carbons (Fsp3) is 0.364. The molecule has 80 valence electrons. The van der Waals surface area contributed by atoms with Gasteiger partial charge in [-0.05, 0) is 19.1 Å². The van der Waals surface area contributed by atoms with Crippen molar-refractivity contribution in [2.45, 2.75) is 11.8 Å². The van der Waals surface area contributed by atoms with Gasteiger partial charge in [0.05, 0.1) is 17.1 Å². The van der Waals surface area contributed by atoms with Crippen LogP contribution in [0.2, 0.25) is 0 Å². The summed E-state index contributed by atoms with van der Waals surface area (Å²) in [5.41, 5.74) is 0.861. The Bertz CT molecular complexity index is 379. The lowest BCUT2D eigenvalue weighted by Gasteiger charge is -2.30. The van der Waals surface area contributed by atoms with Gasteiger partial charge in [0.1, 0.15) is 12.4 Å². The van der Waals surface area contributed by atoms with Gasteiger partial charge in [-0.2, -0.15) is 0 Å². The van der Waals surface area contributed by atoms with Gasteiger partial charge in [0.15, 0.2) is 0 Å². The zero-order valence-electron chi connectivity index (χ0n) is 8.44. The molecule has 0 radical (unpaired) electrons. The van der Waals surface area contributed by atoms with E-state index in [2.05, 4.69) is 15.9 Å². The summed E-state index contributed by atoms with van der Waals surface area (Å²) in [5, 5.41) is 0. The molecule has 1 heterocycles. The third-order valence-corrected chi connectivity index (χ3v) is 2.73. The number of para-hydroxylation sites is 2. The summed E-state index contributed by atoms with van der Waals surface area (Å²) in [4.78, 5) is 13.5. The Labute approximate surface area is 97.2 Å². The number of nitrogens with zero attached hydrogens (tertiary/aromatic N) is 1. The van der Waals surface area contributed by atoms with Gasteiger partial charge < -0.3 is 9.64 Å². The van der Waals surface area contributed by atoms with Crippen LogP contribution >= 0.6 is 15.9 Å². The largest absolute Gasteiger partial charge is 0.490 e. The minimum atomic E-state index is -0.163. The second kappa shape index (κ2) is 4.23. The van der Waals surface area contributed by atoms with Gasteiger partial charge in [-0.3, -0.25) is 4.79 Å². The van der Waals surface area contributed by atoms with Gasteiger partial charge >= 0.3 is 0 Å². The molecule has 0 bridgehead atoms. The van der Waals surface area contributed by atoms with E-state index in [1.54, 1.807) is 4.90 Å². The molecule has 1 aliphatic rings. The molecule has 0 saturated heterocycles. The highest BCUT2D eigenvalue weighted by molar-refractivity contribution is 9.10. The molecule has 0 spiro atoms. The van der Waals surface area contributed by atoms with Crippen LogP contribution in [-0.4, -0.2) is 23.9 Å². The lowest BCUT2D eigenvalue weighted by Crippen LogP contribution is -2.41. The van der Waals surface area contributed by atoms with Crippen molar-refractivity contribution in [1.82, 2.24) is 0 Å². The fourth-order valence-corrected chi connectivity index (χ4v) is 1.86. The molecule has 15 heavy (non-hydrogen) atoms. The Hall–Kier alpha value is -1.03. The van der Waals surface area contributed by atoms with Crippen LogP contribution in [0.3, 0.4) is 0 Å². The molecule has 1 aromatic carbocycles. The average molecular weight is 270 g/mol. The maximum absolute atomic E-state index is 11.9. The van der Waals surface area contributed by atoms with E-state index in [1.807, 2.05) is 31.2 Å². The number of alkyl halides is 1. The van der Waals surface area contributed by atoms with Gasteiger partial charge in [-0.15, -0.1) is 0 Å². The number of benzene rings is 1. The SMILES string of the molecule is CC(Br)C(=O)N1CCOc2ccccc21. The Morgan fingerprint density at radius 1 is 1.53 bits per heavy atom. The van der Waals surface area contributed by atoms with Crippen molar-refractivity contribution in [3.8, 4) is 5.75 Å². The minimum Gasteiger partial charge on any atom is -0.490 e. The number of rotatable bonds is 1. The summed E-state index contributed by atoms with van der Waals surface area (Å²) in [6, 6.07) is 7.60. The Morgan fingerprint density at radius 3 is 3.00 bits per heavy atom. The fourth-order valence-electron chi connectivity index (χ4n) is 1.61. The lowest BCUT2D eigenvalue weighted by atomic mass is 10.2. The van der Waals surface area contributed by atoms with Crippen LogP contribution in [0.15, 0.2) is 24.3 Å². The van der Waals surface area contributed by atoms with E-state index >= 15 is 0 Å². The van der Waals surface area contributed by atoms with Gasteiger partial charge in [-0.25, -0.2) is 0 Å². The zero-order chi connectivity index (χ0) is 10.8. The van der Waals surface area contributed by atoms with E-state index in [-0.39, 0.29) is 10.7 Å². The van der Waals surface area contributed by atoms with E-state index in [4.69, 9.17) is 4.74 Å². The predicted molar refractivity (Wildman–Crippen MR) is 62.7 cm³/mol. The Morgan fingerprint density at radius 2 is 2.27 bits per heavy atom. The maximum Gasteiger partial charge on any atom is 0.240 e. The molecule has 4 heteroatoms. The number of carbonyl (C=O) groups excluding carboxylic acids is 1. The highest BCUT2D eigenvalue weighted by Gasteiger charge is 2.25. The third-order valence-electron chi connectivity index (χ3n) is 2.33. The highest BCUT2D eigenvalue weighted by Crippen LogP contribution is 2.31. The van der Waals surface area contributed by atoms with Crippen molar-refractivity contribution in [1.29, 1.82) is 0 Å². The summed E-state index contributed by atoms with van der Waals surface area (Å²) >= 11 is 3.30. The molecular weight excluding hydrogens is 258 g/mol. The minimum absolute atomic E-state index is 0.0748. The smallest absolute Gasteiger partial charge is 0.240 e. The van der Waals surface area contributed by atoms with Crippen LogP contribution in [0.1, 0.15) is 6.92 Å². The normalized spacial score (nSPS) is 16.5. The highest BCUT2D eigenvalue weighted by atomic mass is 79.9. The first-order valence-corrected chi connectivity index (χ1v) is 5.79. The molecule has 2 rings (SSSR count). The molecule has 0 saturated carbocycles. The first-order valence-electron chi connectivity index (χ1n) is 4.87. The summed E-state index contributed by atoms with van der Waals surface area (Å²) in [5.74, 6) is 0.857. The second-order valence-electron chi connectivity index (χ2n) is 3.42. The van der Waals surface area contributed by atoms with Crippen LogP contribution in [0, 0.1) is 0 Å². The summed E-state index contributed by atoms with van der Waals surface area (Å²) in [7, 11) is 0. The standard InChI is InChI=1S/C11H12BrNO2/c1-8(12)11(14)13-6-7-15-10-5-3-2-4-9(10)13/h2-5,8H,6-7H2,1H3. The van der Waals surface area contributed by atoms with E-state index in [9.17, 15) is 4.79 Å². The van der Waals surface area contributed by atoms with Gasteiger partial charge in [-0.1, -0.05) is 28.1 Å². The van der Waals surface area contributed by atoms with Crippen molar-refractivity contribution in [2.24, 2.45) is 0 Å². The molecule has 1 atom stereocenters. The van der Waals surface area contributed by atoms with Gasteiger partial charge in [0.25, 0.3) is 0 Å². The van der Waals surface area contributed by atoms with E-state index in [0.717, 1.165) is 11.4 Å². The van der Waals surface area contributed by atoms with E-state index < -0.39 is 0 Å². The molecule has 0 aromatic heterocycles. The monoisotopic (exact) mass is 269 g/mol. The number of hydrogen-bond donors (Lipinski definition) is 0. The van der Waals surface area contributed by atoms with Crippen LogP contribution < -0.4 is 9.64 Å². The predicted octanol–water partition coefficient (Wildman–Crippen LogP) is 2.20. The van der Waals surface area contributed by atoms with Crippen molar-refractivity contribution in [3.63, 3.8) is 0 Å². The average Bonchev–Trinajstić information content (AvgIpc) is 2.27. The first kappa shape index (κ1) is 10.5. The number of fused-ring (bicyclic) bond motifs is 1. The summed E-state index contributed by atoms with van der Waals surface area (Å²) < 4.78 is 5.47. The number of anilines is 1. The zero-order valence-corrected chi connectivity index (χ0v) is 10.0. The number of halogens is 1. The molecule has 1 aliphatic heterocycles. The molecule has 1 aromatic rings. The molecule has 3 nitrogen and oxygen atoms in total. The third kappa shape index (κ3) is 2.00.